The van der Waals surface area contributed by atoms with Gasteiger partial charge >= 0.3 is 0 Å². The number of imidazole rings is 1. The van der Waals surface area contributed by atoms with E-state index in [9.17, 15) is 0 Å². The smallest absolute Gasteiger partial charge is 0.191 e. The van der Waals surface area contributed by atoms with Crippen molar-refractivity contribution in [2.45, 2.75) is 46.3 Å². The molecule has 0 bridgehead atoms. The second-order valence-corrected chi connectivity index (χ2v) is 7.54. The van der Waals surface area contributed by atoms with Crippen LogP contribution in [0, 0.1) is 6.92 Å². The number of nitrogens with zero attached hydrogens (tertiary/aromatic N) is 6. The molecule has 0 amide bonds. The van der Waals surface area contributed by atoms with Crippen molar-refractivity contribution in [2.24, 2.45) is 4.99 Å². The fourth-order valence-corrected chi connectivity index (χ4v) is 3.69. The van der Waals surface area contributed by atoms with Crippen LogP contribution in [-0.4, -0.2) is 43.4 Å². The number of nitrogens with one attached hydrogen (secondary N) is 2. The number of aryl methyl sites for hydroxylation is 3. The van der Waals surface area contributed by atoms with Crippen LogP contribution < -0.4 is 10.6 Å². The number of furan rings is 1. The standard InChI is InChI=1S/C23H30N8O.HI/c1-3-22-29-27-17-30(22)14-12-25-23(26-16-19-8-6-15-32-19)24-11-7-13-31-18(2)28-20-9-4-5-10-21(20)31;/h4-6,8-10,15,17H,3,7,11-14,16H2,1-2H3,(H2,24,25,26);1H. The number of fused-ring (bicyclic) bond motifs is 1. The Labute approximate surface area is 210 Å². The molecule has 0 unspecified atom stereocenters. The Kier molecular flexibility index (Phi) is 9.28. The zero-order valence-corrected chi connectivity index (χ0v) is 21.4. The normalized spacial score (nSPS) is 11.5. The summed E-state index contributed by atoms with van der Waals surface area (Å²) in [6.45, 7) is 7.81. The lowest BCUT2D eigenvalue weighted by Crippen LogP contribution is -2.39. The average molecular weight is 562 g/mol. The molecule has 4 aromatic rings. The minimum absolute atomic E-state index is 0. The summed E-state index contributed by atoms with van der Waals surface area (Å²) in [4.78, 5) is 9.32. The Hall–Kier alpha value is -2.89. The first-order valence-corrected chi connectivity index (χ1v) is 11.1. The van der Waals surface area contributed by atoms with E-state index in [-0.39, 0.29) is 24.0 Å². The molecule has 0 aliphatic rings. The Morgan fingerprint density at radius 1 is 1.09 bits per heavy atom. The molecule has 3 aromatic heterocycles. The van der Waals surface area contributed by atoms with E-state index in [1.165, 1.54) is 5.52 Å². The summed E-state index contributed by atoms with van der Waals surface area (Å²) in [6.07, 6.45) is 5.25. The molecule has 2 N–H and O–H groups in total. The maximum Gasteiger partial charge on any atom is 0.191 e. The lowest BCUT2D eigenvalue weighted by molar-refractivity contribution is 0.511. The summed E-state index contributed by atoms with van der Waals surface area (Å²) in [5.74, 6) is 3.62. The van der Waals surface area contributed by atoms with Crippen molar-refractivity contribution in [3.8, 4) is 0 Å². The second kappa shape index (κ2) is 12.4. The molecule has 0 aliphatic heterocycles. The molecule has 0 saturated carbocycles. The van der Waals surface area contributed by atoms with Crippen molar-refractivity contribution < 1.29 is 4.42 Å². The van der Waals surface area contributed by atoms with E-state index in [0.717, 1.165) is 67.9 Å². The molecule has 0 aliphatic carbocycles. The van der Waals surface area contributed by atoms with Crippen molar-refractivity contribution in [3.05, 3.63) is 66.4 Å². The van der Waals surface area contributed by atoms with Crippen molar-refractivity contribution >= 4 is 41.0 Å². The van der Waals surface area contributed by atoms with Gasteiger partial charge in [0, 0.05) is 32.6 Å². The third-order valence-electron chi connectivity index (χ3n) is 5.33. The van der Waals surface area contributed by atoms with Gasteiger partial charge in [0.1, 0.15) is 30.3 Å². The third-order valence-corrected chi connectivity index (χ3v) is 5.33. The predicted molar refractivity (Wildman–Crippen MR) is 140 cm³/mol. The van der Waals surface area contributed by atoms with Gasteiger partial charge in [0.2, 0.25) is 0 Å². The summed E-state index contributed by atoms with van der Waals surface area (Å²) < 4.78 is 9.74. The average Bonchev–Trinajstić information content (AvgIpc) is 3.54. The Bertz CT molecular complexity index is 1150. The van der Waals surface area contributed by atoms with Crippen LogP contribution in [0.1, 0.15) is 30.8 Å². The number of rotatable bonds is 10. The summed E-state index contributed by atoms with van der Waals surface area (Å²) in [7, 11) is 0. The van der Waals surface area contributed by atoms with E-state index in [1.807, 2.05) is 18.2 Å². The number of guanidine groups is 1. The SMILES string of the molecule is CCc1nncn1CCNC(=NCc1ccco1)NCCCn1c(C)nc2ccccc21.I. The lowest BCUT2D eigenvalue weighted by atomic mass is 10.3. The van der Waals surface area contributed by atoms with Gasteiger partial charge in [-0.25, -0.2) is 9.98 Å². The lowest BCUT2D eigenvalue weighted by Gasteiger charge is -2.14. The predicted octanol–water partition coefficient (Wildman–Crippen LogP) is 3.54. The number of para-hydroxylation sites is 2. The molecule has 0 spiro atoms. The van der Waals surface area contributed by atoms with E-state index >= 15 is 0 Å². The van der Waals surface area contributed by atoms with Crippen molar-refractivity contribution in [3.63, 3.8) is 0 Å². The fraction of sp³-hybridized carbons (Fsp3) is 0.391. The van der Waals surface area contributed by atoms with Crippen LogP contribution in [0.2, 0.25) is 0 Å². The first kappa shape index (κ1) is 24.7. The quantitative estimate of drug-likeness (QED) is 0.133. The molecular weight excluding hydrogens is 531 g/mol. The van der Waals surface area contributed by atoms with Gasteiger partial charge in [-0.05, 0) is 37.6 Å². The maximum atomic E-state index is 5.41. The van der Waals surface area contributed by atoms with Crippen molar-refractivity contribution in [2.75, 3.05) is 13.1 Å². The Balaban J connectivity index is 0.00000306. The number of aromatic nitrogens is 5. The summed E-state index contributed by atoms with van der Waals surface area (Å²) >= 11 is 0. The van der Waals surface area contributed by atoms with E-state index in [2.05, 4.69) is 72.0 Å². The fourth-order valence-electron chi connectivity index (χ4n) is 3.69. The molecule has 4 rings (SSSR count). The zero-order valence-electron chi connectivity index (χ0n) is 19.1. The number of halogens is 1. The first-order chi connectivity index (χ1) is 15.7. The number of hydrogen-bond acceptors (Lipinski definition) is 5. The minimum atomic E-state index is 0. The largest absolute Gasteiger partial charge is 0.467 e. The van der Waals surface area contributed by atoms with Gasteiger partial charge in [-0.1, -0.05) is 19.1 Å². The van der Waals surface area contributed by atoms with Crippen LogP contribution >= 0.6 is 24.0 Å². The third kappa shape index (κ3) is 6.56. The van der Waals surface area contributed by atoms with Gasteiger partial charge in [-0.2, -0.15) is 0 Å². The molecule has 1 aromatic carbocycles. The monoisotopic (exact) mass is 562 g/mol. The Morgan fingerprint density at radius 2 is 1.94 bits per heavy atom. The molecule has 0 saturated heterocycles. The van der Waals surface area contributed by atoms with Gasteiger partial charge in [0.25, 0.3) is 0 Å². The topological polar surface area (TPSA) is 98.1 Å². The van der Waals surface area contributed by atoms with Gasteiger partial charge in [0.05, 0.1) is 17.3 Å². The van der Waals surface area contributed by atoms with E-state index in [1.54, 1.807) is 12.6 Å². The molecule has 0 atom stereocenters. The van der Waals surface area contributed by atoms with Crippen LogP contribution in [0.4, 0.5) is 0 Å². The molecular formula is C23H31IN8O. The molecule has 3 heterocycles. The summed E-state index contributed by atoms with van der Waals surface area (Å²) in [5, 5.41) is 15.0. The van der Waals surface area contributed by atoms with Gasteiger partial charge in [-0.3, -0.25) is 0 Å². The summed E-state index contributed by atoms with van der Waals surface area (Å²) in [5.41, 5.74) is 2.22. The Morgan fingerprint density at radius 3 is 2.76 bits per heavy atom. The van der Waals surface area contributed by atoms with Crippen LogP contribution in [0.25, 0.3) is 11.0 Å². The molecule has 0 fully saturated rings. The minimum Gasteiger partial charge on any atom is -0.467 e. The molecule has 9 nitrogen and oxygen atoms in total. The zero-order chi connectivity index (χ0) is 22.2. The van der Waals surface area contributed by atoms with Gasteiger partial charge < -0.3 is 24.2 Å². The van der Waals surface area contributed by atoms with Crippen molar-refractivity contribution in [1.82, 2.24) is 34.9 Å². The highest BCUT2D eigenvalue weighted by molar-refractivity contribution is 14.0. The van der Waals surface area contributed by atoms with E-state index < -0.39 is 0 Å². The maximum absolute atomic E-state index is 5.41. The van der Waals surface area contributed by atoms with E-state index in [0.29, 0.717) is 6.54 Å². The van der Waals surface area contributed by atoms with Crippen LogP contribution in [0.3, 0.4) is 0 Å². The second-order valence-electron chi connectivity index (χ2n) is 7.54. The highest BCUT2D eigenvalue weighted by Gasteiger charge is 2.07. The molecule has 10 heteroatoms. The van der Waals surface area contributed by atoms with Gasteiger partial charge in [0.15, 0.2) is 5.96 Å². The van der Waals surface area contributed by atoms with Crippen LogP contribution in [-0.2, 0) is 26.1 Å². The van der Waals surface area contributed by atoms with Crippen LogP contribution in [0.15, 0.2) is 58.4 Å². The van der Waals surface area contributed by atoms with E-state index in [4.69, 9.17) is 4.42 Å². The molecule has 176 valence electrons. The number of aliphatic imine (C=N–C) groups is 1. The highest BCUT2D eigenvalue weighted by Crippen LogP contribution is 2.15. The van der Waals surface area contributed by atoms with Crippen LogP contribution in [0.5, 0.6) is 0 Å². The van der Waals surface area contributed by atoms with Gasteiger partial charge in [-0.15, -0.1) is 34.2 Å². The number of benzene rings is 1. The molecule has 0 radical (unpaired) electrons. The van der Waals surface area contributed by atoms with Crippen molar-refractivity contribution in [1.29, 1.82) is 0 Å². The number of hydrogen-bond donors (Lipinski definition) is 2. The summed E-state index contributed by atoms with van der Waals surface area (Å²) in [6, 6.07) is 12.1. The molecule has 33 heavy (non-hydrogen) atoms. The highest BCUT2D eigenvalue weighted by atomic mass is 127. The first-order valence-electron chi connectivity index (χ1n) is 11.1.